The third-order valence-electron chi connectivity index (χ3n) is 3.50. The lowest BCUT2D eigenvalue weighted by Gasteiger charge is -2.16. The molecule has 1 aliphatic rings. The van der Waals surface area contributed by atoms with Gasteiger partial charge in [0.1, 0.15) is 0 Å². The van der Waals surface area contributed by atoms with Crippen LogP contribution in [0.3, 0.4) is 0 Å². The number of rotatable bonds is 8. The highest BCUT2D eigenvalue weighted by atomic mass is 32.2. The van der Waals surface area contributed by atoms with Crippen LogP contribution in [0.4, 0.5) is 0 Å². The molecule has 1 fully saturated rings. The van der Waals surface area contributed by atoms with Crippen molar-refractivity contribution in [3.63, 3.8) is 0 Å². The molecule has 0 aromatic carbocycles. The van der Waals surface area contributed by atoms with Gasteiger partial charge in [0, 0.05) is 18.7 Å². The molecule has 0 aromatic heterocycles. The number of amides is 1. The van der Waals surface area contributed by atoms with E-state index in [1.807, 2.05) is 0 Å². The Morgan fingerprint density at radius 2 is 1.95 bits per heavy atom. The van der Waals surface area contributed by atoms with Crippen molar-refractivity contribution >= 4 is 22.8 Å². The number of hydrogen-bond acceptors (Lipinski definition) is 4. The van der Waals surface area contributed by atoms with Gasteiger partial charge in [0.25, 0.3) is 0 Å². The second-order valence-electron chi connectivity index (χ2n) is 5.29. The van der Waals surface area contributed by atoms with Gasteiger partial charge < -0.3 is 11.1 Å². The molecule has 5 heteroatoms. The first-order valence-corrected chi connectivity index (χ1v) is 8.27. The van der Waals surface area contributed by atoms with E-state index in [1.54, 1.807) is 6.92 Å². The van der Waals surface area contributed by atoms with Crippen molar-refractivity contribution < 1.29 is 9.59 Å². The first-order chi connectivity index (χ1) is 9.09. The third-order valence-corrected chi connectivity index (χ3v) is 4.40. The second-order valence-corrected chi connectivity index (χ2v) is 6.56. The Bertz CT molecular complexity index is 291. The summed E-state index contributed by atoms with van der Waals surface area (Å²) in [7, 11) is 0. The van der Waals surface area contributed by atoms with E-state index < -0.39 is 0 Å². The number of nitrogens with two attached hydrogens (primary N) is 1. The lowest BCUT2D eigenvalue weighted by Crippen LogP contribution is -2.44. The topological polar surface area (TPSA) is 72.2 Å². The molecule has 1 amide bonds. The molecule has 4 nitrogen and oxygen atoms in total. The summed E-state index contributed by atoms with van der Waals surface area (Å²) in [5.74, 6) is 0.878. The van der Waals surface area contributed by atoms with Crippen molar-refractivity contribution in [1.29, 1.82) is 0 Å². The van der Waals surface area contributed by atoms with Gasteiger partial charge in [0.2, 0.25) is 5.91 Å². The lowest BCUT2D eigenvalue weighted by atomic mass is 10.1. The number of unbranched alkanes of at least 4 members (excludes halogenated alkanes) is 2. The largest absolute Gasteiger partial charge is 0.352 e. The second kappa shape index (κ2) is 9.37. The van der Waals surface area contributed by atoms with Crippen molar-refractivity contribution in [3.8, 4) is 0 Å². The van der Waals surface area contributed by atoms with Gasteiger partial charge in [-0.2, -0.15) is 0 Å². The van der Waals surface area contributed by atoms with Crippen molar-refractivity contribution in [2.75, 3.05) is 5.75 Å². The van der Waals surface area contributed by atoms with Gasteiger partial charge in [-0.15, -0.1) is 0 Å². The maximum atomic E-state index is 11.8. The zero-order valence-electron chi connectivity index (χ0n) is 11.8. The molecule has 1 aliphatic carbocycles. The van der Waals surface area contributed by atoms with Crippen LogP contribution in [0.5, 0.6) is 0 Å². The van der Waals surface area contributed by atoms with Crippen molar-refractivity contribution in [1.82, 2.24) is 5.32 Å². The maximum Gasteiger partial charge on any atom is 0.237 e. The molecule has 0 heterocycles. The maximum absolute atomic E-state index is 11.8. The SMILES string of the molecule is CC(=O)SCCCCC[C@H](N)C(=O)NC1CCCC1. The van der Waals surface area contributed by atoms with Crippen molar-refractivity contribution in [2.45, 2.75) is 70.4 Å². The minimum Gasteiger partial charge on any atom is -0.352 e. The molecule has 3 N–H and O–H groups in total. The van der Waals surface area contributed by atoms with Crippen molar-refractivity contribution in [3.05, 3.63) is 0 Å². The molecule has 0 aliphatic heterocycles. The smallest absolute Gasteiger partial charge is 0.237 e. The minimum atomic E-state index is -0.374. The van der Waals surface area contributed by atoms with Crippen LogP contribution in [0.2, 0.25) is 0 Å². The average molecular weight is 286 g/mol. The number of hydrogen-bond donors (Lipinski definition) is 2. The lowest BCUT2D eigenvalue weighted by molar-refractivity contribution is -0.123. The average Bonchev–Trinajstić information content (AvgIpc) is 2.85. The van der Waals surface area contributed by atoms with Crippen LogP contribution < -0.4 is 11.1 Å². The fourth-order valence-corrected chi connectivity index (χ4v) is 3.00. The Labute approximate surface area is 120 Å². The zero-order chi connectivity index (χ0) is 14.1. The zero-order valence-corrected chi connectivity index (χ0v) is 12.6. The van der Waals surface area contributed by atoms with Gasteiger partial charge in [-0.1, -0.05) is 37.4 Å². The van der Waals surface area contributed by atoms with E-state index in [9.17, 15) is 9.59 Å². The molecular formula is C14H26N2O2S. The Hall–Kier alpha value is -0.550. The molecule has 19 heavy (non-hydrogen) atoms. The van der Waals surface area contributed by atoms with Crippen LogP contribution >= 0.6 is 11.8 Å². The summed E-state index contributed by atoms with van der Waals surface area (Å²) in [5, 5.41) is 3.21. The molecule has 0 spiro atoms. The molecule has 0 radical (unpaired) electrons. The highest BCUT2D eigenvalue weighted by Gasteiger charge is 2.20. The predicted molar refractivity (Wildman–Crippen MR) is 80.0 cm³/mol. The van der Waals surface area contributed by atoms with E-state index in [4.69, 9.17) is 5.73 Å². The Balaban J connectivity index is 2.01. The van der Waals surface area contributed by atoms with E-state index >= 15 is 0 Å². The molecule has 0 unspecified atom stereocenters. The summed E-state index contributed by atoms with van der Waals surface area (Å²) in [4.78, 5) is 22.6. The number of carbonyl (C=O) groups is 2. The van der Waals surface area contributed by atoms with E-state index in [0.717, 1.165) is 44.3 Å². The molecule has 1 rings (SSSR count). The predicted octanol–water partition coefficient (Wildman–Crippen LogP) is 2.21. The van der Waals surface area contributed by atoms with E-state index in [2.05, 4.69) is 5.32 Å². The summed E-state index contributed by atoms with van der Waals surface area (Å²) in [5.41, 5.74) is 5.89. The van der Waals surface area contributed by atoms with Crippen LogP contribution in [0, 0.1) is 0 Å². The van der Waals surface area contributed by atoms with Gasteiger partial charge in [-0.05, 0) is 25.7 Å². The number of carbonyl (C=O) groups excluding carboxylic acids is 2. The number of thioether (sulfide) groups is 1. The van der Waals surface area contributed by atoms with Crippen LogP contribution in [-0.2, 0) is 9.59 Å². The highest BCUT2D eigenvalue weighted by molar-refractivity contribution is 8.13. The molecule has 1 saturated carbocycles. The number of nitrogens with one attached hydrogen (secondary N) is 1. The molecule has 110 valence electrons. The standard InChI is InChI=1S/C14H26N2O2S/c1-11(17)19-10-6-2-3-9-13(15)14(18)16-12-7-4-5-8-12/h12-13H,2-10,15H2,1H3,(H,16,18)/t13-/m0/s1. The van der Waals surface area contributed by atoms with Crippen LogP contribution in [0.1, 0.15) is 58.3 Å². The summed E-state index contributed by atoms with van der Waals surface area (Å²) >= 11 is 1.37. The Morgan fingerprint density at radius 1 is 1.26 bits per heavy atom. The van der Waals surface area contributed by atoms with Crippen LogP contribution in [-0.4, -0.2) is 28.9 Å². The fourth-order valence-electron chi connectivity index (χ4n) is 2.37. The van der Waals surface area contributed by atoms with E-state index in [1.165, 1.54) is 24.6 Å². The van der Waals surface area contributed by atoms with Crippen molar-refractivity contribution in [2.24, 2.45) is 5.73 Å². The van der Waals surface area contributed by atoms with Gasteiger partial charge in [-0.25, -0.2) is 0 Å². The van der Waals surface area contributed by atoms with Gasteiger partial charge in [0.15, 0.2) is 5.12 Å². The van der Waals surface area contributed by atoms with Gasteiger partial charge in [0.05, 0.1) is 6.04 Å². The fraction of sp³-hybridized carbons (Fsp3) is 0.857. The quantitative estimate of drug-likeness (QED) is 0.671. The molecular weight excluding hydrogens is 260 g/mol. The van der Waals surface area contributed by atoms with E-state index in [0.29, 0.717) is 6.04 Å². The van der Waals surface area contributed by atoms with Gasteiger partial charge in [-0.3, -0.25) is 9.59 Å². The highest BCUT2D eigenvalue weighted by Crippen LogP contribution is 2.17. The van der Waals surface area contributed by atoms with Gasteiger partial charge >= 0.3 is 0 Å². The Kier molecular flexibility index (Phi) is 8.14. The first kappa shape index (κ1) is 16.5. The Morgan fingerprint density at radius 3 is 2.58 bits per heavy atom. The molecule has 0 aromatic rings. The summed E-state index contributed by atoms with van der Waals surface area (Å²) in [6, 6.07) is -0.0217. The third kappa shape index (κ3) is 7.57. The molecule has 0 bridgehead atoms. The summed E-state index contributed by atoms with van der Waals surface area (Å²) in [6.45, 7) is 1.59. The normalized spacial score (nSPS) is 17.4. The molecule has 0 saturated heterocycles. The molecule has 1 atom stereocenters. The van der Waals surface area contributed by atoms with Crippen LogP contribution in [0.15, 0.2) is 0 Å². The monoisotopic (exact) mass is 286 g/mol. The van der Waals surface area contributed by atoms with E-state index in [-0.39, 0.29) is 17.1 Å². The van der Waals surface area contributed by atoms with Crippen LogP contribution in [0.25, 0.3) is 0 Å². The summed E-state index contributed by atoms with van der Waals surface area (Å²) < 4.78 is 0. The minimum absolute atomic E-state index is 0.00464. The summed E-state index contributed by atoms with van der Waals surface area (Å²) in [6.07, 6.45) is 8.37. The first-order valence-electron chi connectivity index (χ1n) is 7.29.